The van der Waals surface area contributed by atoms with Gasteiger partial charge in [0, 0.05) is 26.2 Å². The molecule has 0 aliphatic carbocycles. The zero-order chi connectivity index (χ0) is 27.4. The van der Waals surface area contributed by atoms with E-state index in [2.05, 4.69) is 17.9 Å². The van der Waals surface area contributed by atoms with Gasteiger partial charge in [0.15, 0.2) is 0 Å². The van der Waals surface area contributed by atoms with Gasteiger partial charge in [0.05, 0.1) is 19.8 Å². The fraction of sp³-hybridized carbons (Fsp3) is 0.276. The van der Waals surface area contributed by atoms with Crippen LogP contribution in [0, 0.1) is 5.82 Å². The highest BCUT2D eigenvalue weighted by molar-refractivity contribution is 5.52. The van der Waals surface area contributed by atoms with Crippen LogP contribution < -0.4 is 10.5 Å². The molecule has 1 saturated heterocycles. The predicted molar refractivity (Wildman–Crippen MR) is 143 cm³/mol. The predicted octanol–water partition coefficient (Wildman–Crippen LogP) is 3.44. The second-order valence-corrected chi connectivity index (χ2v) is 8.23. The highest BCUT2D eigenvalue weighted by Gasteiger charge is 2.13. The van der Waals surface area contributed by atoms with Crippen LogP contribution in [0.5, 0.6) is 11.5 Å². The topological polar surface area (TPSA) is 102 Å². The molecule has 2 N–H and O–H groups in total. The summed E-state index contributed by atoms with van der Waals surface area (Å²) in [5.74, 6) is 1.08. The first-order chi connectivity index (χ1) is 18.6. The highest BCUT2D eigenvalue weighted by Crippen LogP contribution is 2.22. The van der Waals surface area contributed by atoms with E-state index in [0.717, 1.165) is 51.0 Å². The minimum Gasteiger partial charge on any atom is -0.457 e. The molecule has 0 aromatic heterocycles. The quantitative estimate of drug-likeness (QED) is 0.323. The third-order valence-corrected chi connectivity index (χ3v) is 5.51. The van der Waals surface area contributed by atoms with Gasteiger partial charge in [-0.2, -0.15) is 0 Å². The molecule has 0 radical (unpaired) electrons. The normalized spacial score (nSPS) is 12.7. The minimum absolute atomic E-state index is 0.250. The van der Waals surface area contributed by atoms with Gasteiger partial charge in [0.2, 0.25) is 12.8 Å². The van der Waals surface area contributed by atoms with E-state index in [-0.39, 0.29) is 12.2 Å². The van der Waals surface area contributed by atoms with Crippen molar-refractivity contribution < 1.29 is 28.2 Å². The molecular weight excluding hydrogens is 489 g/mol. The molecule has 1 heterocycles. The Morgan fingerprint density at radius 3 is 1.92 bits per heavy atom. The van der Waals surface area contributed by atoms with Crippen LogP contribution in [-0.4, -0.2) is 68.2 Å². The van der Waals surface area contributed by atoms with Crippen LogP contribution in [0.2, 0.25) is 0 Å². The van der Waals surface area contributed by atoms with Gasteiger partial charge in [-0.05, 0) is 53.9 Å². The molecule has 4 rings (SSSR count). The number of primary amides is 1. The Bertz CT molecular complexity index is 1060. The number of rotatable bonds is 10. The summed E-state index contributed by atoms with van der Waals surface area (Å²) >= 11 is 0. The van der Waals surface area contributed by atoms with Crippen molar-refractivity contribution in [3.8, 4) is 11.5 Å². The maximum Gasteiger partial charge on any atom is 0.209 e. The van der Waals surface area contributed by atoms with Gasteiger partial charge >= 0.3 is 0 Å². The standard InChI is InChI=1S/C21H19FO2.C7H12N2O2.CH3NO/c22-19-8-12-21(13-9-19)24-20-10-6-17(7-11-20)14-15-23-16-18-4-2-1-3-5-18;10-6-5-8-1-3-9(7-11)4-2-8;2-1-3/h1-13H,14-16H2;6-7H,1-5H2;1H,(H2,2,3). The molecule has 8 nitrogen and oxygen atoms in total. The van der Waals surface area contributed by atoms with Crippen LogP contribution in [0.1, 0.15) is 11.1 Å². The monoisotopic (exact) mass is 523 g/mol. The van der Waals surface area contributed by atoms with Crippen LogP contribution in [0.15, 0.2) is 78.9 Å². The van der Waals surface area contributed by atoms with Crippen molar-refractivity contribution in [3.63, 3.8) is 0 Å². The third-order valence-electron chi connectivity index (χ3n) is 5.51. The number of halogens is 1. The number of amides is 2. The number of hydrogen-bond donors (Lipinski definition) is 1. The molecule has 1 fully saturated rings. The van der Waals surface area contributed by atoms with Crippen LogP contribution in [0.4, 0.5) is 4.39 Å². The fourth-order valence-electron chi connectivity index (χ4n) is 3.47. The molecule has 3 aromatic carbocycles. The zero-order valence-electron chi connectivity index (χ0n) is 21.3. The van der Waals surface area contributed by atoms with Crippen molar-refractivity contribution >= 4 is 19.1 Å². The zero-order valence-corrected chi connectivity index (χ0v) is 21.3. The van der Waals surface area contributed by atoms with Crippen LogP contribution in [0.25, 0.3) is 0 Å². The van der Waals surface area contributed by atoms with Crippen LogP contribution in [-0.2, 0) is 32.1 Å². The SMILES string of the molecule is Fc1ccc(Oc2ccc(CCOCc3ccccc3)cc2)cc1.NC=O.O=CCN1CCN(C=O)CC1. The lowest BCUT2D eigenvalue weighted by Crippen LogP contribution is -2.46. The average molecular weight is 524 g/mol. The number of ether oxygens (including phenoxy) is 2. The van der Waals surface area contributed by atoms with E-state index in [0.29, 0.717) is 25.5 Å². The largest absolute Gasteiger partial charge is 0.457 e. The number of carbonyl (C=O) groups is 3. The summed E-state index contributed by atoms with van der Waals surface area (Å²) in [6.45, 7) is 4.93. The molecule has 0 spiro atoms. The summed E-state index contributed by atoms with van der Waals surface area (Å²) in [7, 11) is 0. The molecule has 9 heteroatoms. The average Bonchev–Trinajstić information content (AvgIpc) is 2.95. The minimum atomic E-state index is -0.270. The Kier molecular flexibility index (Phi) is 14.4. The first kappa shape index (κ1) is 30.1. The Hall–Kier alpha value is -4.08. The molecule has 1 aliphatic rings. The van der Waals surface area contributed by atoms with E-state index in [1.165, 1.54) is 23.3 Å². The Balaban J connectivity index is 0.000000302. The Morgan fingerprint density at radius 2 is 1.37 bits per heavy atom. The summed E-state index contributed by atoms with van der Waals surface area (Å²) < 4.78 is 24.2. The highest BCUT2D eigenvalue weighted by atomic mass is 19.1. The number of carbonyl (C=O) groups excluding carboxylic acids is 3. The number of aldehydes is 1. The summed E-state index contributed by atoms with van der Waals surface area (Å²) in [6, 6.07) is 24.0. The fourth-order valence-corrected chi connectivity index (χ4v) is 3.47. The number of piperazine rings is 1. The van der Waals surface area contributed by atoms with E-state index in [9.17, 15) is 14.0 Å². The maximum absolute atomic E-state index is 12.9. The smallest absolute Gasteiger partial charge is 0.209 e. The molecule has 3 aromatic rings. The number of nitrogens with zero attached hydrogens (tertiary/aromatic N) is 2. The molecule has 0 unspecified atom stereocenters. The summed E-state index contributed by atoms with van der Waals surface area (Å²) in [5, 5.41) is 0. The lowest BCUT2D eigenvalue weighted by molar-refractivity contribution is -0.120. The van der Waals surface area contributed by atoms with Gasteiger partial charge < -0.3 is 24.9 Å². The summed E-state index contributed by atoms with van der Waals surface area (Å²) in [6.07, 6.45) is 2.86. The summed E-state index contributed by atoms with van der Waals surface area (Å²) in [4.78, 5) is 32.7. The molecule has 202 valence electrons. The van der Waals surface area contributed by atoms with Gasteiger partial charge in [-0.15, -0.1) is 0 Å². The van der Waals surface area contributed by atoms with E-state index >= 15 is 0 Å². The maximum atomic E-state index is 12.9. The van der Waals surface area contributed by atoms with Gasteiger partial charge in [0.1, 0.15) is 23.6 Å². The van der Waals surface area contributed by atoms with E-state index < -0.39 is 0 Å². The molecular formula is C29H34FN3O5. The Labute approximate surface area is 222 Å². The van der Waals surface area contributed by atoms with E-state index in [4.69, 9.17) is 14.3 Å². The third kappa shape index (κ3) is 12.2. The molecule has 38 heavy (non-hydrogen) atoms. The van der Waals surface area contributed by atoms with Crippen molar-refractivity contribution in [3.05, 3.63) is 95.8 Å². The van der Waals surface area contributed by atoms with E-state index in [1.807, 2.05) is 47.4 Å². The van der Waals surface area contributed by atoms with Crippen LogP contribution in [0.3, 0.4) is 0 Å². The van der Waals surface area contributed by atoms with Crippen molar-refractivity contribution in [2.24, 2.45) is 5.73 Å². The molecule has 2 amide bonds. The van der Waals surface area contributed by atoms with Gasteiger partial charge in [0.25, 0.3) is 0 Å². The first-order valence-electron chi connectivity index (χ1n) is 12.2. The van der Waals surface area contributed by atoms with Crippen molar-refractivity contribution in [1.29, 1.82) is 0 Å². The lowest BCUT2D eigenvalue weighted by Gasteiger charge is -2.30. The molecule has 0 atom stereocenters. The lowest BCUT2D eigenvalue weighted by atomic mass is 10.1. The van der Waals surface area contributed by atoms with Crippen molar-refractivity contribution in [1.82, 2.24) is 9.80 Å². The summed E-state index contributed by atoms with van der Waals surface area (Å²) in [5.41, 5.74) is 6.54. The van der Waals surface area contributed by atoms with Crippen LogP contribution >= 0.6 is 0 Å². The van der Waals surface area contributed by atoms with Gasteiger partial charge in [-0.1, -0.05) is 42.5 Å². The second-order valence-electron chi connectivity index (χ2n) is 8.23. The number of hydrogen-bond acceptors (Lipinski definition) is 6. The van der Waals surface area contributed by atoms with E-state index in [1.54, 1.807) is 17.0 Å². The van der Waals surface area contributed by atoms with Crippen molar-refractivity contribution in [2.45, 2.75) is 13.0 Å². The Morgan fingerprint density at radius 1 is 0.789 bits per heavy atom. The van der Waals surface area contributed by atoms with Crippen molar-refractivity contribution in [2.75, 3.05) is 39.3 Å². The second kappa shape index (κ2) is 18.2. The number of benzene rings is 3. The molecule has 0 bridgehead atoms. The first-order valence-corrected chi connectivity index (χ1v) is 12.2. The van der Waals surface area contributed by atoms with Gasteiger partial charge in [-0.25, -0.2) is 4.39 Å². The molecule has 0 saturated carbocycles. The molecule has 1 aliphatic heterocycles. The van der Waals surface area contributed by atoms with Gasteiger partial charge in [-0.3, -0.25) is 14.5 Å². The number of nitrogens with two attached hydrogens (primary N) is 1.